The fraction of sp³-hybridized carbons (Fsp3) is 0.0435. The number of nitrogens with zero attached hydrogens (tertiary/aromatic N) is 2. The van der Waals surface area contributed by atoms with Gasteiger partial charge < -0.3 is 10.1 Å². The van der Waals surface area contributed by atoms with Crippen molar-refractivity contribution >= 4 is 57.0 Å². The second-order valence-electron chi connectivity index (χ2n) is 6.55. The molecule has 0 bridgehead atoms. The molecule has 0 fully saturated rings. The van der Waals surface area contributed by atoms with Crippen molar-refractivity contribution in [1.29, 1.82) is 0 Å². The van der Waals surface area contributed by atoms with Gasteiger partial charge in [-0.2, -0.15) is 5.10 Å². The van der Waals surface area contributed by atoms with Crippen molar-refractivity contribution in [3.8, 4) is 5.75 Å². The summed E-state index contributed by atoms with van der Waals surface area (Å²) in [6, 6.07) is 23.4. The number of rotatable bonds is 7. The molecule has 0 saturated carbocycles. The number of nitrogens with one attached hydrogen (secondary N) is 1. The van der Waals surface area contributed by atoms with Crippen molar-refractivity contribution in [2.75, 3.05) is 5.32 Å². The Bertz CT molecular complexity index is 1190. The molecule has 1 amide bonds. The number of anilines is 1. The zero-order chi connectivity index (χ0) is 20.8. The van der Waals surface area contributed by atoms with Crippen LogP contribution in [0, 0.1) is 0 Å². The molecule has 7 heteroatoms. The average molecular weight is 527 g/mol. The van der Waals surface area contributed by atoms with Crippen molar-refractivity contribution in [3.63, 3.8) is 0 Å². The third kappa shape index (κ3) is 5.07. The first kappa shape index (κ1) is 20.6. The Morgan fingerprint density at radius 3 is 2.73 bits per heavy atom. The van der Waals surface area contributed by atoms with Gasteiger partial charge in [0.2, 0.25) is 5.91 Å². The molecule has 1 atom stereocenters. The molecule has 0 aliphatic rings. The van der Waals surface area contributed by atoms with Crippen LogP contribution in [0.2, 0.25) is 0 Å². The van der Waals surface area contributed by atoms with Crippen LogP contribution in [-0.4, -0.2) is 15.5 Å². The van der Waals surface area contributed by atoms with Gasteiger partial charge in [0, 0.05) is 11.5 Å². The highest BCUT2D eigenvalue weighted by Gasteiger charge is 2.06. The molecular weight excluding hydrogens is 508 g/mol. The van der Waals surface area contributed by atoms with E-state index in [-0.39, 0.29) is 5.91 Å². The minimum Gasteiger partial charge on any atom is -0.487 e. The molecule has 1 heterocycles. The normalized spacial score (nSPS) is 11.5. The smallest absolute Gasteiger partial charge is 0.248 e. The number of para-hydroxylation sites is 2. The first-order chi connectivity index (χ1) is 14.7. The maximum absolute atomic E-state index is 12.5. The summed E-state index contributed by atoms with van der Waals surface area (Å²) in [5.74, 6) is 0.423. The number of hydrogen-bond donors (Lipinski definition) is 1. The van der Waals surface area contributed by atoms with Gasteiger partial charge in [0.1, 0.15) is 12.4 Å². The predicted molar refractivity (Wildman–Crippen MR) is 132 cm³/mol. The summed E-state index contributed by atoms with van der Waals surface area (Å²) in [6.07, 6.45) is 5.72. The highest BCUT2D eigenvalue weighted by Crippen LogP contribution is 2.29. The quantitative estimate of drug-likeness (QED) is 0.181. The van der Waals surface area contributed by atoms with E-state index in [2.05, 4.69) is 32.5 Å². The monoisotopic (exact) mass is 527 g/mol. The van der Waals surface area contributed by atoms with E-state index in [9.17, 15) is 4.79 Å². The van der Waals surface area contributed by atoms with E-state index in [1.165, 1.54) is 6.08 Å². The number of carbonyl (C=O) groups excluding carboxylic acids is 1. The molecule has 5 nitrogen and oxygen atoms in total. The third-order valence-electron chi connectivity index (χ3n) is 4.48. The molecule has 1 N–H and O–H groups in total. The van der Waals surface area contributed by atoms with E-state index in [4.69, 9.17) is 4.74 Å². The molecule has 3 aromatic carbocycles. The van der Waals surface area contributed by atoms with Crippen molar-refractivity contribution in [3.05, 3.63) is 96.2 Å². The number of ether oxygens (including phenoxy) is 1. The molecular formula is C23H19IN3O2P. The number of carbonyl (C=O) groups is 1. The summed E-state index contributed by atoms with van der Waals surface area (Å²) in [5.41, 5.74) is 3.72. The SMILES string of the molecule is O=C(/C=C/c1ccc2cnn(PI)c2c1)Nc1ccccc1OCc1ccccc1. The van der Waals surface area contributed by atoms with Crippen LogP contribution in [0.5, 0.6) is 5.75 Å². The van der Waals surface area contributed by atoms with E-state index >= 15 is 0 Å². The van der Waals surface area contributed by atoms with Gasteiger partial charge in [-0.1, -0.05) is 54.6 Å². The summed E-state index contributed by atoms with van der Waals surface area (Å²) in [6.45, 7) is 0.439. The summed E-state index contributed by atoms with van der Waals surface area (Å²) in [5, 5.41) is 8.35. The van der Waals surface area contributed by atoms with Gasteiger partial charge in [-0.15, -0.1) is 0 Å². The van der Waals surface area contributed by atoms with Crippen LogP contribution in [-0.2, 0) is 11.4 Å². The summed E-state index contributed by atoms with van der Waals surface area (Å²) < 4.78 is 7.86. The van der Waals surface area contributed by atoms with E-state index in [1.54, 1.807) is 6.08 Å². The summed E-state index contributed by atoms with van der Waals surface area (Å²) in [7, 11) is 0. The van der Waals surface area contributed by atoms with Gasteiger partial charge in [-0.05, 0) is 57.4 Å². The van der Waals surface area contributed by atoms with Crippen LogP contribution in [0.3, 0.4) is 0 Å². The lowest BCUT2D eigenvalue weighted by Gasteiger charge is -2.11. The second-order valence-corrected chi connectivity index (χ2v) is 8.59. The highest BCUT2D eigenvalue weighted by atomic mass is 127. The van der Waals surface area contributed by atoms with Crippen LogP contribution < -0.4 is 10.1 Å². The molecule has 4 aromatic rings. The number of fused-ring (bicyclic) bond motifs is 1. The van der Waals surface area contributed by atoms with Crippen molar-refractivity contribution in [1.82, 2.24) is 9.55 Å². The van der Waals surface area contributed by atoms with E-state index < -0.39 is 0 Å². The molecule has 4 rings (SSSR count). The molecule has 1 aromatic heterocycles. The molecule has 0 saturated heterocycles. The zero-order valence-electron chi connectivity index (χ0n) is 16.0. The molecule has 0 spiro atoms. The summed E-state index contributed by atoms with van der Waals surface area (Å²) >= 11 is 2.30. The molecule has 150 valence electrons. The fourth-order valence-corrected chi connectivity index (χ4v) is 4.52. The van der Waals surface area contributed by atoms with E-state index in [0.717, 1.165) is 22.0 Å². The summed E-state index contributed by atoms with van der Waals surface area (Å²) in [4.78, 5) is 12.5. The minimum atomic E-state index is -0.213. The van der Waals surface area contributed by atoms with Crippen molar-refractivity contribution in [2.45, 2.75) is 6.61 Å². The Balaban J connectivity index is 1.44. The number of halogens is 1. The maximum atomic E-state index is 12.5. The molecule has 30 heavy (non-hydrogen) atoms. The van der Waals surface area contributed by atoms with Crippen LogP contribution in [0.25, 0.3) is 17.0 Å². The standard InChI is InChI=1S/C23H19IN3O2P/c24-30-27-21-14-17(10-12-19(21)15-25-27)11-13-23(28)26-20-8-4-5-9-22(20)29-16-18-6-2-1-3-7-18/h1-15,30H,16H2,(H,26,28)/b13-11+. The first-order valence-corrected chi connectivity index (χ1v) is 13.4. The lowest BCUT2D eigenvalue weighted by Crippen LogP contribution is -2.09. The number of benzene rings is 3. The Morgan fingerprint density at radius 1 is 1.10 bits per heavy atom. The number of aromatic nitrogens is 2. The van der Waals surface area contributed by atoms with E-state index in [1.807, 2.05) is 83.4 Å². The lowest BCUT2D eigenvalue weighted by atomic mass is 10.1. The molecule has 0 radical (unpaired) electrons. The topological polar surface area (TPSA) is 56.2 Å². The van der Waals surface area contributed by atoms with Crippen LogP contribution in [0.15, 0.2) is 85.1 Å². The van der Waals surface area contributed by atoms with Crippen LogP contribution >= 0.6 is 28.4 Å². The van der Waals surface area contributed by atoms with E-state index in [0.29, 0.717) is 24.4 Å². The Kier molecular flexibility index (Phi) is 6.77. The fourth-order valence-electron chi connectivity index (χ4n) is 2.98. The second kappa shape index (κ2) is 9.87. The van der Waals surface area contributed by atoms with Crippen LogP contribution in [0.4, 0.5) is 5.69 Å². The Hall–Kier alpha value is -2.70. The molecule has 0 aliphatic heterocycles. The van der Waals surface area contributed by atoms with Gasteiger partial charge >= 0.3 is 0 Å². The average Bonchev–Trinajstić information content (AvgIpc) is 3.20. The predicted octanol–water partition coefficient (Wildman–Crippen LogP) is 6.06. The van der Waals surface area contributed by atoms with Gasteiger partial charge in [0.25, 0.3) is 0 Å². The largest absolute Gasteiger partial charge is 0.487 e. The van der Waals surface area contributed by atoms with Crippen LogP contribution in [0.1, 0.15) is 11.1 Å². The van der Waals surface area contributed by atoms with Gasteiger partial charge in [0.05, 0.1) is 23.8 Å². The zero-order valence-corrected chi connectivity index (χ0v) is 19.1. The first-order valence-electron chi connectivity index (χ1n) is 9.32. The lowest BCUT2D eigenvalue weighted by molar-refractivity contribution is -0.111. The number of hydrogen-bond acceptors (Lipinski definition) is 3. The number of amides is 1. The molecule has 0 aliphatic carbocycles. The maximum Gasteiger partial charge on any atom is 0.248 e. The van der Waals surface area contributed by atoms with Gasteiger partial charge in [-0.25, -0.2) is 4.45 Å². The molecule has 1 unspecified atom stereocenters. The van der Waals surface area contributed by atoms with Gasteiger partial charge in [0.15, 0.2) is 0 Å². The van der Waals surface area contributed by atoms with Crippen molar-refractivity contribution in [2.24, 2.45) is 0 Å². The Morgan fingerprint density at radius 2 is 1.90 bits per heavy atom. The highest BCUT2D eigenvalue weighted by molar-refractivity contribution is 14.2. The van der Waals surface area contributed by atoms with Crippen molar-refractivity contribution < 1.29 is 9.53 Å². The Labute approximate surface area is 189 Å². The minimum absolute atomic E-state index is 0.213. The third-order valence-corrected chi connectivity index (χ3v) is 6.37. The van der Waals surface area contributed by atoms with Gasteiger partial charge in [-0.3, -0.25) is 4.79 Å².